The highest BCUT2D eigenvalue weighted by molar-refractivity contribution is 5.98. The predicted octanol–water partition coefficient (Wildman–Crippen LogP) is 6.50. The van der Waals surface area contributed by atoms with Crippen molar-refractivity contribution >= 4 is 11.6 Å². The highest BCUT2D eigenvalue weighted by Gasteiger charge is 2.32. The Kier molecular flexibility index (Phi) is 8.27. The molecule has 0 saturated carbocycles. The van der Waals surface area contributed by atoms with E-state index in [4.69, 9.17) is 18.9 Å². The van der Waals surface area contributed by atoms with E-state index in [1.807, 2.05) is 41.3 Å². The Bertz CT molecular complexity index is 1240. The molecule has 3 aromatic carbocycles. The molecular weight excluding hydrogens is 466 g/mol. The summed E-state index contributed by atoms with van der Waals surface area (Å²) in [6, 6.07) is 18.1. The lowest BCUT2D eigenvalue weighted by molar-refractivity contribution is -0.120. The summed E-state index contributed by atoms with van der Waals surface area (Å²) in [5, 5.41) is 0. The molecule has 0 spiro atoms. The molecule has 0 aromatic heterocycles. The highest BCUT2D eigenvalue weighted by Crippen LogP contribution is 2.42. The van der Waals surface area contributed by atoms with Gasteiger partial charge in [0.15, 0.2) is 11.5 Å². The Morgan fingerprint density at radius 2 is 1.62 bits per heavy atom. The fraction of sp³-hybridized carbons (Fsp3) is 0.387. The maximum atomic E-state index is 14.3. The van der Waals surface area contributed by atoms with Gasteiger partial charge < -0.3 is 23.8 Å². The zero-order valence-electron chi connectivity index (χ0n) is 22.7. The number of anilines is 1. The van der Waals surface area contributed by atoms with Crippen molar-refractivity contribution in [1.82, 2.24) is 0 Å². The van der Waals surface area contributed by atoms with Crippen molar-refractivity contribution in [2.24, 2.45) is 0 Å². The fourth-order valence-electron chi connectivity index (χ4n) is 5.14. The number of amides is 1. The number of hydrogen-bond donors (Lipinski definition) is 0. The standard InChI is InChI=1S/C31H37NO5/c1-20(2)21-10-14-24(15-11-21)32(19-23-13-17-28(35-4)30(37-6)29(23)36-5)31(33)26-9-7-8-22-12-16-25(34-3)18-27(22)26/h10-18,20,26H,7-9,19H2,1-6H3. The zero-order chi connectivity index (χ0) is 26.5. The van der Waals surface area contributed by atoms with Crippen molar-refractivity contribution in [2.75, 3.05) is 33.3 Å². The van der Waals surface area contributed by atoms with Gasteiger partial charge in [-0.1, -0.05) is 32.0 Å². The largest absolute Gasteiger partial charge is 0.497 e. The van der Waals surface area contributed by atoms with E-state index in [2.05, 4.69) is 32.0 Å². The molecule has 0 radical (unpaired) electrons. The van der Waals surface area contributed by atoms with Crippen LogP contribution < -0.4 is 23.8 Å². The number of hydrogen-bond acceptors (Lipinski definition) is 5. The van der Waals surface area contributed by atoms with Gasteiger partial charge in [-0.2, -0.15) is 0 Å². The lowest BCUT2D eigenvalue weighted by Gasteiger charge is -2.32. The maximum Gasteiger partial charge on any atom is 0.234 e. The van der Waals surface area contributed by atoms with Crippen molar-refractivity contribution in [2.45, 2.75) is 51.5 Å². The van der Waals surface area contributed by atoms with Crippen LogP contribution in [0.15, 0.2) is 54.6 Å². The van der Waals surface area contributed by atoms with Gasteiger partial charge in [0, 0.05) is 11.3 Å². The SMILES string of the molecule is COc1ccc2c(c1)C(C(=O)N(Cc1ccc(OC)c(OC)c1OC)c1ccc(C(C)C)cc1)CCC2. The lowest BCUT2D eigenvalue weighted by Crippen LogP contribution is -2.36. The van der Waals surface area contributed by atoms with Crippen molar-refractivity contribution in [3.8, 4) is 23.0 Å². The van der Waals surface area contributed by atoms with Crippen LogP contribution in [0.5, 0.6) is 23.0 Å². The number of fused-ring (bicyclic) bond motifs is 1. The van der Waals surface area contributed by atoms with E-state index in [0.717, 1.165) is 41.8 Å². The van der Waals surface area contributed by atoms with E-state index in [1.54, 1.807) is 28.4 Å². The van der Waals surface area contributed by atoms with Gasteiger partial charge in [-0.25, -0.2) is 0 Å². The van der Waals surface area contributed by atoms with Gasteiger partial charge in [0.25, 0.3) is 0 Å². The summed E-state index contributed by atoms with van der Waals surface area (Å²) in [6.45, 7) is 4.66. The second-order valence-corrected chi connectivity index (χ2v) is 9.67. The Morgan fingerprint density at radius 3 is 2.24 bits per heavy atom. The molecule has 196 valence electrons. The first-order valence-corrected chi connectivity index (χ1v) is 12.8. The molecule has 0 aliphatic heterocycles. The molecule has 6 nitrogen and oxygen atoms in total. The molecule has 37 heavy (non-hydrogen) atoms. The van der Waals surface area contributed by atoms with Crippen LogP contribution in [0.1, 0.15) is 60.8 Å². The van der Waals surface area contributed by atoms with Gasteiger partial charge in [-0.15, -0.1) is 0 Å². The Morgan fingerprint density at radius 1 is 0.892 bits per heavy atom. The monoisotopic (exact) mass is 503 g/mol. The number of ether oxygens (including phenoxy) is 4. The normalized spacial score (nSPS) is 14.6. The minimum absolute atomic E-state index is 0.0586. The van der Waals surface area contributed by atoms with Gasteiger partial charge in [0.1, 0.15) is 5.75 Å². The van der Waals surface area contributed by atoms with Crippen LogP contribution in [-0.4, -0.2) is 34.3 Å². The molecule has 0 saturated heterocycles. The van der Waals surface area contributed by atoms with E-state index in [0.29, 0.717) is 29.7 Å². The second-order valence-electron chi connectivity index (χ2n) is 9.67. The fourth-order valence-corrected chi connectivity index (χ4v) is 5.14. The Hall–Kier alpha value is -3.67. The molecule has 1 aliphatic carbocycles. The first-order chi connectivity index (χ1) is 17.9. The third-order valence-corrected chi connectivity index (χ3v) is 7.22. The summed E-state index contributed by atoms with van der Waals surface area (Å²) in [5.74, 6) is 2.63. The summed E-state index contributed by atoms with van der Waals surface area (Å²) < 4.78 is 22.3. The quantitative estimate of drug-likeness (QED) is 0.334. The average Bonchev–Trinajstić information content (AvgIpc) is 2.94. The minimum atomic E-state index is -0.255. The smallest absolute Gasteiger partial charge is 0.234 e. The molecule has 0 N–H and O–H groups in total. The van der Waals surface area contributed by atoms with Crippen LogP contribution in [0.25, 0.3) is 0 Å². The highest BCUT2D eigenvalue weighted by atomic mass is 16.5. The van der Waals surface area contributed by atoms with Gasteiger partial charge in [-0.05, 0) is 78.3 Å². The van der Waals surface area contributed by atoms with E-state index in [-0.39, 0.29) is 11.8 Å². The van der Waals surface area contributed by atoms with Gasteiger partial charge in [0.2, 0.25) is 11.7 Å². The molecule has 0 bridgehead atoms. The first-order valence-electron chi connectivity index (χ1n) is 12.8. The lowest BCUT2D eigenvalue weighted by atomic mass is 9.81. The van der Waals surface area contributed by atoms with Crippen molar-refractivity contribution in [1.29, 1.82) is 0 Å². The maximum absolute atomic E-state index is 14.3. The van der Waals surface area contributed by atoms with Crippen LogP contribution in [0.2, 0.25) is 0 Å². The zero-order valence-corrected chi connectivity index (χ0v) is 22.7. The van der Waals surface area contributed by atoms with Crippen molar-refractivity contribution in [3.63, 3.8) is 0 Å². The number of nitrogens with zero attached hydrogens (tertiary/aromatic N) is 1. The molecule has 1 atom stereocenters. The molecule has 1 aliphatic rings. The van der Waals surface area contributed by atoms with Gasteiger partial charge >= 0.3 is 0 Å². The third-order valence-electron chi connectivity index (χ3n) is 7.22. The molecule has 1 unspecified atom stereocenters. The number of aryl methyl sites for hydroxylation is 1. The Balaban J connectivity index is 1.79. The number of carbonyl (C=O) groups excluding carboxylic acids is 1. The summed E-state index contributed by atoms with van der Waals surface area (Å²) in [6.07, 6.45) is 2.73. The average molecular weight is 504 g/mol. The third kappa shape index (κ3) is 5.38. The molecule has 0 heterocycles. The second kappa shape index (κ2) is 11.6. The summed E-state index contributed by atoms with van der Waals surface area (Å²) in [4.78, 5) is 16.2. The van der Waals surface area contributed by atoms with E-state index in [1.165, 1.54) is 11.1 Å². The Labute approximate surface area is 220 Å². The molecular formula is C31H37NO5. The van der Waals surface area contributed by atoms with E-state index >= 15 is 0 Å². The topological polar surface area (TPSA) is 57.2 Å². The van der Waals surface area contributed by atoms with E-state index in [9.17, 15) is 4.79 Å². The van der Waals surface area contributed by atoms with Crippen LogP contribution in [0.3, 0.4) is 0 Å². The summed E-state index contributed by atoms with van der Waals surface area (Å²) in [5.41, 5.74) is 5.18. The van der Waals surface area contributed by atoms with Crippen molar-refractivity contribution in [3.05, 3.63) is 76.9 Å². The molecule has 3 aromatic rings. The predicted molar refractivity (Wildman–Crippen MR) is 146 cm³/mol. The molecule has 4 rings (SSSR count). The number of carbonyl (C=O) groups is 1. The van der Waals surface area contributed by atoms with Gasteiger partial charge in [-0.3, -0.25) is 4.79 Å². The number of benzene rings is 3. The van der Waals surface area contributed by atoms with Crippen LogP contribution in [-0.2, 0) is 17.8 Å². The molecule has 6 heteroatoms. The molecule has 0 fully saturated rings. The number of rotatable bonds is 9. The van der Waals surface area contributed by atoms with Crippen LogP contribution in [0.4, 0.5) is 5.69 Å². The number of methoxy groups -OCH3 is 4. The van der Waals surface area contributed by atoms with Crippen LogP contribution >= 0.6 is 0 Å². The van der Waals surface area contributed by atoms with E-state index < -0.39 is 0 Å². The summed E-state index contributed by atoms with van der Waals surface area (Å²) >= 11 is 0. The van der Waals surface area contributed by atoms with Gasteiger partial charge in [0.05, 0.1) is 40.9 Å². The van der Waals surface area contributed by atoms with Crippen molar-refractivity contribution < 1.29 is 23.7 Å². The van der Waals surface area contributed by atoms with Crippen LogP contribution in [0, 0.1) is 0 Å². The molecule has 1 amide bonds. The first kappa shape index (κ1) is 26.4. The summed E-state index contributed by atoms with van der Waals surface area (Å²) in [7, 11) is 6.45. The minimum Gasteiger partial charge on any atom is -0.497 e.